The molecular weight excluding hydrogens is 382 g/mol. The smallest absolute Gasteiger partial charge is 0.270 e. The number of nitro benzene ring substituents is 1. The fourth-order valence-corrected chi connectivity index (χ4v) is 6.53. The fraction of sp³-hybridized carbons (Fsp3) is 0.632. The quantitative estimate of drug-likeness (QED) is 0.550. The van der Waals surface area contributed by atoms with E-state index in [-0.39, 0.29) is 29.6 Å². The molecule has 152 valence electrons. The van der Waals surface area contributed by atoms with E-state index in [4.69, 9.17) is 0 Å². The molecule has 28 heavy (non-hydrogen) atoms. The monoisotopic (exact) mass is 407 g/mol. The molecule has 1 aromatic carbocycles. The molecular formula is C19H25N3O5S. The molecule has 2 saturated carbocycles. The number of piperazine rings is 1. The number of carbonyl (C=O) groups excluding carboxylic acids is 1. The summed E-state index contributed by atoms with van der Waals surface area (Å²) in [5.74, 6) is 2.13. The van der Waals surface area contributed by atoms with Crippen molar-refractivity contribution in [3.05, 3.63) is 34.4 Å². The van der Waals surface area contributed by atoms with E-state index in [0.29, 0.717) is 31.3 Å². The average molecular weight is 407 g/mol. The zero-order chi connectivity index (χ0) is 19.9. The van der Waals surface area contributed by atoms with Crippen molar-refractivity contribution < 1.29 is 18.1 Å². The minimum Gasteiger partial charge on any atom is -0.340 e. The van der Waals surface area contributed by atoms with Crippen LogP contribution in [0.2, 0.25) is 0 Å². The predicted molar refractivity (Wildman–Crippen MR) is 102 cm³/mol. The summed E-state index contributed by atoms with van der Waals surface area (Å²) in [5.41, 5.74) is -0.249. The number of nitrogens with zero attached hydrogens (tertiary/aromatic N) is 3. The summed E-state index contributed by atoms with van der Waals surface area (Å²) in [6.07, 6.45) is 5.57. The molecule has 1 saturated heterocycles. The predicted octanol–water partition coefficient (Wildman–Crippen LogP) is 2.25. The largest absolute Gasteiger partial charge is 0.340 e. The lowest BCUT2D eigenvalue weighted by atomic mass is 9.86. The Balaban J connectivity index is 1.36. The lowest BCUT2D eigenvalue weighted by Crippen LogP contribution is -2.50. The first-order valence-electron chi connectivity index (χ1n) is 9.87. The number of benzene rings is 1. The average Bonchev–Trinajstić information content (AvgIpc) is 3.31. The molecule has 9 heteroatoms. The third-order valence-corrected chi connectivity index (χ3v) is 8.47. The van der Waals surface area contributed by atoms with Gasteiger partial charge in [0.25, 0.3) is 5.69 Å². The van der Waals surface area contributed by atoms with Crippen molar-refractivity contribution in [1.82, 2.24) is 9.21 Å². The number of hydrogen-bond acceptors (Lipinski definition) is 5. The summed E-state index contributed by atoms with van der Waals surface area (Å²) in [5, 5.41) is 10.9. The molecule has 0 aromatic heterocycles. The summed E-state index contributed by atoms with van der Waals surface area (Å²) >= 11 is 0. The van der Waals surface area contributed by atoms with Gasteiger partial charge in [0, 0.05) is 44.7 Å². The molecule has 3 aliphatic rings. The molecule has 0 radical (unpaired) electrons. The summed E-state index contributed by atoms with van der Waals surface area (Å²) in [4.78, 5) is 24.7. The highest BCUT2D eigenvalue weighted by Gasteiger charge is 2.41. The summed E-state index contributed by atoms with van der Waals surface area (Å²) in [6, 6.07) is 5.10. The van der Waals surface area contributed by atoms with E-state index in [2.05, 4.69) is 0 Å². The first kappa shape index (κ1) is 19.3. The highest BCUT2D eigenvalue weighted by atomic mass is 32.2. The summed E-state index contributed by atoms with van der Waals surface area (Å²) in [7, 11) is -3.81. The lowest BCUT2D eigenvalue weighted by Gasteiger charge is -2.35. The van der Waals surface area contributed by atoms with E-state index in [1.807, 2.05) is 0 Å². The van der Waals surface area contributed by atoms with Crippen molar-refractivity contribution >= 4 is 21.6 Å². The Labute approximate surface area is 164 Å². The van der Waals surface area contributed by atoms with Crippen molar-refractivity contribution in [2.45, 2.75) is 37.0 Å². The van der Waals surface area contributed by atoms with Crippen molar-refractivity contribution in [3.63, 3.8) is 0 Å². The molecule has 3 fully saturated rings. The summed E-state index contributed by atoms with van der Waals surface area (Å²) < 4.78 is 26.9. The minimum atomic E-state index is -3.81. The molecule has 1 heterocycles. The van der Waals surface area contributed by atoms with E-state index in [0.717, 1.165) is 18.4 Å². The number of non-ortho nitro benzene ring substituents is 1. The number of nitro groups is 1. The Morgan fingerprint density at radius 3 is 2.50 bits per heavy atom. The van der Waals surface area contributed by atoms with Gasteiger partial charge in [0.05, 0.1) is 9.82 Å². The van der Waals surface area contributed by atoms with Crippen LogP contribution in [0, 0.1) is 27.9 Å². The second-order valence-corrected chi connectivity index (χ2v) is 10.1. The molecule has 1 aromatic rings. The summed E-state index contributed by atoms with van der Waals surface area (Å²) in [6.45, 7) is 1.17. The van der Waals surface area contributed by atoms with Gasteiger partial charge >= 0.3 is 0 Å². The minimum absolute atomic E-state index is 0.0801. The zero-order valence-corrected chi connectivity index (χ0v) is 16.5. The van der Waals surface area contributed by atoms with Crippen LogP contribution in [-0.2, 0) is 14.8 Å². The van der Waals surface area contributed by atoms with Crippen molar-refractivity contribution in [1.29, 1.82) is 0 Å². The van der Waals surface area contributed by atoms with Gasteiger partial charge in [-0.15, -0.1) is 0 Å². The van der Waals surface area contributed by atoms with Gasteiger partial charge in [0.2, 0.25) is 15.9 Å². The van der Waals surface area contributed by atoms with E-state index in [9.17, 15) is 23.3 Å². The topological polar surface area (TPSA) is 101 Å². The maximum Gasteiger partial charge on any atom is 0.270 e. The first-order valence-corrected chi connectivity index (χ1v) is 11.3. The molecule has 2 bridgehead atoms. The van der Waals surface area contributed by atoms with Crippen LogP contribution < -0.4 is 0 Å². The molecule has 3 atom stereocenters. The third kappa shape index (κ3) is 3.65. The van der Waals surface area contributed by atoms with Crippen molar-refractivity contribution in [2.24, 2.45) is 17.8 Å². The highest BCUT2D eigenvalue weighted by Crippen LogP contribution is 2.49. The molecule has 3 unspecified atom stereocenters. The van der Waals surface area contributed by atoms with E-state index < -0.39 is 14.9 Å². The molecule has 1 aliphatic heterocycles. The Morgan fingerprint density at radius 1 is 1.14 bits per heavy atom. The van der Waals surface area contributed by atoms with Crippen LogP contribution in [0.3, 0.4) is 0 Å². The molecule has 4 rings (SSSR count). The third-order valence-electron chi connectivity index (χ3n) is 6.58. The number of carbonyl (C=O) groups is 1. The number of hydrogen-bond donors (Lipinski definition) is 0. The standard InChI is InChI=1S/C19H25N3O5S/c23-19(12-16-11-14-4-5-15(16)10-14)20-6-8-21(9-7-20)28(26,27)18-3-1-2-17(13-18)22(24)25/h1-3,13-16H,4-12H2. The van der Waals surface area contributed by atoms with Crippen molar-refractivity contribution in [2.75, 3.05) is 26.2 Å². The first-order chi connectivity index (χ1) is 13.3. The lowest BCUT2D eigenvalue weighted by molar-refractivity contribution is -0.385. The van der Waals surface area contributed by atoms with E-state index >= 15 is 0 Å². The molecule has 0 spiro atoms. The van der Waals surface area contributed by atoms with Gasteiger partial charge in [-0.3, -0.25) is 14.9 Å². The van der Waals surface area contributed by atoms with Crippen molar-refractivity contribution in [3.8, 4) is 0 Å². The number of rotatable bonds is 5. The highest BCUT2D eigenvalue weighted by molar-refractivity contribution is 7.89. The Hall–Kier alpha value is -2.00. The van der Waals surface area contributed by atoms with Crippen LogP contribution >= 0.6 is 0 Å². The number of sulfonamides is 1. The van der Waals surface area contributed by atoms with Gasteiger partial charge in [0.1, 0.15) is 0 Å². The van der Waals surface area contributed by atoms with Gasteiger partial charge in [-0.25, -0.2) is 8.42 Å². The van der Waals surface area contributed by atoms with Gasteiger partial charge in [-0.2, -0.15) is 4.31 Å². The van der Waals surface area contributed by atoms with Crippen LogP contribution in [0.1, 0.15) is 32.1 Å². The fourth-order valence-electron chi connectivity index (χ4n) is 5.06. The van der Waals surface area contributed by atoms with E-state index in [1.54, 1.807) is 4.90 Å². The van der Waals surface area contributed by atoms with Crippen LogP contribution in [0.25, 0.3) is 0 Å². The van der Waals surface area contributed by atoms with Crippen LogP contribution in [0.5, 0.6) is 0 Å². The Morgan fingerprint density at radius 2 is 1.89 bits per heavy atom. The Kier molecular flexibility index (Phi) is 5.13. The maximum absolute atomic E-state index is 12.8. The van der Waals surface area contributed by atoms with Crippen LogP contribution in [0.4, 0.5) is 5.69 Å². The normalized spacial score (nSPS) is 27.9. The molecule has 8 nitrogen and oxygen atoms in total. The number of amides is 1. The second kappa shape index (κ2) is 7.44. The molecule has 0 N–H and O–H groups in total. The van der Waals surface area contributed by atoms with Crippen LogP contribution in [-0.4, -0.2) is 54.6 Å². The SMILES string of the molecule is O=C(CC1CC2CCC1C2)N1CCN(S(=O)(=O)c2cccc([N+](=O)[O-])c2)CC1. The van der Waals surface area contributed by atoms with Gasteiger partial charge < -0.3 is 4.90 Å². The molecule has 1 amide bonds. The molecule has 2 aliphatic carbocycles. The zero-order valence-electron chi connectivity index (χ0n) is 15.7. The second-order valence-electron chi connectivity index (χ2n) is 8.18. The van der Waals surface area contributed by atoms with Crippen LogP contribution in [0.15, 0.2) is 29.2 Å². The van der Waals surface area contributed by atoms with E-state index in [1.165, 1.54) is 41.8 Å². The van der Waals surface area contributed by atoms with Gasteiger partial charge in [-0.05, 0) is 43.1 Å². The van der Waals surface area contributed by atoms with Gasteiger partial charge in [-0.1, -0.05) is 12.5 Å². The Bertz CT molecular complexity index is 879. The maximum atomic E-state index is 12.8. The van der Waals surface area contributed by atoms with Gasteiger partial charge in [0.15, 0.2) is 0 Å². The number of fused-ring (bicyclic) bond motifs is 2.